The summed E-state index contributed by atoms with van der Waals surface area (Å²) in [6.45, 7) is 3.91. The lowest BCUT2D eigenvalue weighted by molar-refractivity contribution is 0.230. The summed E-state index contributed by atoms with van der Waals surface area (Å²) in [4.78, 5) is 2.50. The lowest BCUT2D eigenvalue weighted by Gasteiger charge is -2.33. The van der Waals surface area contributed by atoms with Crippen molar-refractivity contribution in [3.63, 3.8) is 0 Å². The quantitative estimate of drug-likeness (QED) is 0.592. The van der Waals surface area contributed by atoms with Crippen molar-refractivity contribution in [2.75, 3.05) is 40.4 Å². The molecule has 162 valence electrons. The molecule has 0 amide bonds. The van der Waals surface area contributed by atoms with Gasteiger partial charge in [0.15, 0.2) is 0 Å². The molecule has 1 fully saturated rings. The van der Waals surface area contributed by atoms with Crippen LogP contribution in [-0.4, -0.2) is 45.3 Å². The molecule has 0 aromatic heterocycles. The first-order valence-corrected chi connectivity index (χ1v) is 10.8. The monoisotopic (exact) mass is 418 g/mol. The number of hydrogen-bond donors (Lipinski definition) is 1. The Morgan fingerprint density at radius 3 is 2.23 bits per heavy atom. The molecule has 0 bridgehead atoms. The summed E-state index contributed by atoms with van der Waals surface area (Å²) in [5.74, 6) is 3.30. The van der Waals surface area contributed by atoms with Crippen LogP contribution in [0.5, 0.6) is 23.0 Å². The van der Waals surface area contributed by atoms with Crippen LogP contribution in [0.3, 0.4) is 0 Å². The Balaban J connectivity index is 1.78. The van der Waals surface area contributed by atoms with Crippen LogP contribution in [-0.2, 0) is 0 Å². The van der Waals surface area contributed by atoms with Crippen LogP contribution < -0.4 is 19.5 Å². The fraction of sp³-hybridized carbons (Fsp3) is 0.308. The van der Waals surface area contributed by atoms with Crippen molar-refractivity contribution in [2.24, 2.45) is 0 Å². The summed E-state index contributed by atoms with van der Waals surface area (Å²) < 4.78 is 17.7. The zero-order chi connectivity index (χ0) is 21.5. The molecule has 4 rings (SSSR count). The first-order valence-electron chi connectivity index (χ1n) is 10.8. The van der Waals surface area contributed by atoms with Crippen molar-refractivity contribution in [3.05, 3.63) is 83.9 Å². The summed E-state index contributed by atoms with van der Waals surface area (Å²) in [5.41, 5.74) is 2.20. The molecule has 1 unspecified atom stereocenters. The fourth-order valence-corrected chi connectivity index (χ4v) is 4.21. The van der Waals surface area contributed by atoms with Gasteiger partial charge in [-0.3, -0.25) is 4.90 Å². The highest BCUT2D eigenvalue weighted by Crippen LogP contribution is 2.42. The summed E-state index contributed by atoms with van der Waals surface area (Å²) in [5, 5.41) is 3.51. The Morgan fingerprint density at radius 2 is 1.48 bits per heavy atom. The van der Waals surface area contributed by atoms with Crippen LogP contribution in [0.1, 0.15) is 23.6 Å². The molecule has 1 aliphatic rings. The van der Waals surface area contributed by atoms with E-state index in [-0.39, 0.29) is 6.04 Å². The van der Waals surface area contributed by atoms with E-state index < -0.39 is 0 Å². The molecule has 1 saturated heterocycles. The van der Waals surface area contributed by atoms with E-state index in [1.54, 1.807) is 14.2 Å². The summed E-state index contributed by atoms with van der Waals surface area (Å²) in [6, 6.07) is 24.2. The Labute approximate surface area is 184 Å². The minimum Gasteiger partial charge on any atom is -0.496 e. The summed E-state index contributed by atoms with van der Waals surface area (Å²) in [7, 11) is 3.43. The largest absolute Gasteiger partial charge is 0.496 e. The molecule has 0 saturated carbocycles. The van der Waals surface area contributed by atoms with Crippen LogP contribution >= 0.6 is 0 Å². The van der Waals surface area contributed by atoms with Crippen LogP contribution in [0.25, 0.3) is 0 Å². The number of benzene rings is 3. The van der Waals surface area contributed by atoms with E-state index in [1.165, 1.54) is 0 Å². The van der Waals surface area contributed by atoms with Crippen molar-refractivity contribution in [3.8, 4) is 23.0 Å². The van der Waals surface area contributed by atoms with Crippen LogP contribution in [0, 0.1) is 0 Å². The molecular weight excluding hydrogens is 388 g/mol. The molecule has 0 radical (unpaired) electrons. The summed E-state index contributed by atoms with van der Waals surface area (Å²) in [6.07, 6.45) is 1.09. The maximum absolute atomic E-state index is 6.14. The summed E-state index contributed by atoms with van der Waals surface area (Å²) >= 11 is 0. The first-order chi connectivity index (χ1) is 15.3. The number of para-hydroxylation sites is 1. The van der Waals surface area contributed by atoms with E-state index in [9.17, 15) is 0 Å². The van der Waals surface area contributed by atoms with Gasteiger partial charge in [-0.1, -0.05) is 36.4 Å². The predicted molar refractivity (Wildman–Crippen MR) is 123 cm³/mol. The Bertz CT molecular complexity index is 947. The highest BCUT2D eigenvalue weighted by Gasteiger charge is 2.29. The van der Waals surface area contributed by atoms with E-state index in [0.29, 0.717) is 0 Å². The molecule has 0 spiro atoms. The number of hydrogen-bond acceptors (Lipinski definition) is 5. The van der Waals surface area contributed by atoms with E-state index in [4.69, 9.17) is 14.2 Å². The van der Waals surface area contributed by atoms with Crippen LogP contribution in [0.15, 0.2) is 72.8 Å². The number of nitrogens with zero attached hydrogens (tertiary/aromatic N) is 1. The number of nitrogens with one attached hydrogen (secondary N) is 1. The second-order valence-corrected chi connectivity index (χ2v) is 7.61. The highest BCUT2D eigenvalue weighted by atomic mass is 16.5. The number of methoxy groups -OCH3 is 2. The second kappa shape index (κ2) is 10.3. The SMILES string of the molecule is COc1cccc(OC)c1C(c1cccc(Oc2ccccc2)c1)N1CCCNCC1. The zero-order valence-corrected chi connectivity index (χ0v) is 18.2. The third kappa shape index (κ3) is 5.01. The maximum atomic E-state index is 6.14. The Morgan fingerprint density at radius 1 is 0.774 bits per heavy atom. The van der Waals surface area contributed by atoms with Gasteiger partial charge in [0.25, 0.3) is 0 Å². The third-order valence-electron chi connectivity index (χ3n) is 5.63. The standard InChI is InChI=1S/C26H30N2O3/c1-29-23-13-7-14-24(30-2)25(23)26(28-17-8-15-27-16-18-28)20-9-6-12-22(19-20)31-21-10-4-3-5-11-21/h3-7,9-14,19,26-27H,8,15-18H2,1-2H3. The van der Waals surface area contributed by atoms with Gasteiger partial charge in [-0.15, -0.1) is 0 Å². The minimum absolute atomic E-state index is 0.00896. The molecule has 3 aromatic carbocycles. The lowest BCUT2D eigenvalue weighted by Crippen LogP contribution is -2.33. The van der Waals surface area contributed by atoms with Crippen molar-refractivity contribution in [2.45, 2.75) is 12.5 Å². The normalized spacial score (nSPS) is 15.7. The van der Waals surface area contributed by atoms with Gasteiger partial charge in [-0.25, -0.2) is 0 Å². The van der Waals surface area contributed by atoms with Crippen LogP contribution in [0.2, 0.25) is 0 Å². The molecule has 1 heterocycles. The van der Waals surface area contributed by atoms with Gasteiger partial charge >= 0.3 is 0 Å². The van der Waals surface area contributed by atoms with Crippen LogP contribution in [0.4, 0.5) is 0 Å². The van der Waals surface area contributed by atoms with Crippen molar-refractivity contribution in [1.29, 1.82) is 0 Å². The first kappa shape index (κ1) is 21.2. The molecular formula is C26H30N2O3. The smallest absolute Gasteiger partial charge is 0.127 e. The van der Waals surface area contributed by atoms with E-state index in [0.717, 1.165) is 66.7 Å². The van der Waals surface area contributed by atoms with E-state index in [1.807, 2.05) is 54.6 Å². The van der Waals surface area contributed by atoms with E-state index in [2.05, 4.69) is 28.4 Å². The van der Waals surface area contributed by atoms with Crippen molar-refractivity contribution < 1.29 is 14.2 Å². The fourth-order valence-electron chi connectivity index (χ4n) is 4.21. The van der Waals surface area contributed by atoms with Crippen molar-refractivity contribution in [1.82, 2.24) is 10.2 Å². The van der Waals surface area contributed by atoms with Gasteiger partial charge in [0, 0.05) is 19.6 Å². The van der Waals surface area contributed by atoms with E-state index >= 15 is 0 Å². The van der Waals surface area contributed by atoms with Gasteiger partial charge in [0.2, 0.25) is 0 Å². The highest BCUT2D eigenvalue weighted by molar-refractivity contribution is 5.51. The van der Waals surface area contributed by atoms with Gasteiger partial charge < -0.3 is 19.5 Å². The van der Waals surface area contributed by atoms with Crippen molar-refractivity contribution >= 4 is 0 Å². The average molecular weight is 419 g/mol. The average Bonchev–Trinajstić information content (AvgIpc) is 3.10. The second-order valence-electron chi connectivity index (χ2n) is 7.61. The number of rotatable bonds is 7. The zero-order valence-electron chi connectivity index (χ0n) is 18.2. The molecule has 31 heavy (non-hydrogen) atoms. The molecule has 5 heteroatoms. The minimum atomic E-state index is -0.00896. The van der Waals surface area contributed by atoms with Gasteiger partial charge in [0.1, 0.15) is 23.0 Å². The van der Waals surface area contributed by atoms with Gasteiger partial charge in [-0.05, 0) is 54.9 Å². The molecule has 0 aliphatic carbocycles. The molecule has 1 atom stereocenters. The lowest BCUT2D eigenvalue weighted by atomic mass is 9.94. The molecule has 1 aliphatic heterocycles. The van der Waals surface area contributed by atoms with Gasteiger partial charge in [0.05, 0.1) is 25.8 Å². The molecule has 3 aromatic rings. The maximum Gasteiger partial charge on any atom is 0.127 e. The third-order valence-corrected chi connectivity index (χ3v) is 5.63. The molecule has 5 nitrogen and oxygen atoms in total. The topological polar surface area (TPSA) is 43.0 Å². The Kier molecular flexibility index (Phi) is 7.07. The molecule has 1 N–H and O–H groups in total. The number of ether oxygens (including phenoxy) is 3. The predicted octanol–water partition coefficient (Wildman–Crippen LogP) is 4.88. The van der Waals surface area contributed by atoms with Gasteiger partial charge in [-0.2, -0.15) is 0 Å². The Hall–Kier alpha value is -3.02.